The average Bonchev–Trinajstić information content (AvgIpc) is 2.98. The van der Waals surface area contributed by atoms with Gasteiger partial charge in [-0.25, -0.2) is 0 Å². The Bertz CT molecular complexity index is 1080. The number of carbonyl (C=O) groups is 3. The molecule has 0 spiro atoms. The third-order valence-electron chi connectivity index (χ3n) is 11.1. The van der Waals surface area contributed by atoms with Gasteiger partial charge in [0.25, 0.3) is 0 Å². The Morgan fingerprint density at radius 2 is 0.878 bits per heavy atom. The highest BCUT2D eigenvalue weighted by Gasteiger charge is 2.47. The average molecular weight is 695 g/mol. The summed E-state index contributed by atoms with van der Waals surface area (Å²) in [5.74, 6) is -3.96. The van der Waals surface area contributed by atoms with Crippen molar-refractivity contribution in [1.29, 1.82) is 0 Å². The molecule has 0 N–H and O–H groups in total. The number of hydrogen-bond acceptors (Lipinski definition) is 9. The summed E-state index contributed by atoms with van der Waals surface area (Å²) in [6.07, 6.45) is -0.448. The SMILES string of the molecule is CC(C)C1CC(OC(=O)CC(C(=O)OC2CC(C(C)C)N([O])C(C(C)C)C2)C(=O)OC2CC(C(C)C)N([O])C(C)(C)C2)CC(C(C)C)N1[O]. The first kappa shape index (κ1) is 41.6. The fourth-order valence-corrected chi connectivity index (χ4v) is 7.97. The van der Waals surface area contributed by atoms with Crippen molar-refractivity contribution in [2.75, 3.05) is 0 Å². The van der Waals surface area contributed by atoms with E-state index in [9.17, 15) is 30.0 Å². The van der Waals surface area contributed by atoms with Gasteiger partial charge in [0.05, 0.1) is 6.42 Å². The maximum absolute atomic E-state index is 13.9. The normalized spacial score (nSPS) is 32.6. The number of hydroxylamine groups is 6. The van der Waals surface area contributed by atoms with Crippen LogP contribution in [0.5, 0.6) is 0 Å². The topological polar surface area (TPSA) is 148 Å². The predicted octanol–water partition coefficient (Wildman–Crippen LogP) is 5.95. The van der Waals surface area contributed by atoms with Gasteiger partial charge in [-0.2, -0.15) is 0 Å². The lowest BCUT2D eigenvalue weighted by molar-refractivity contribution is -0.280. The van der Waals surface area contributed by atoms with E-state index in [0.717, 1.165) is 15.2 Å². The Hall–Kier alpha value is -1.83. The highest BCUT2D eigenvalue weighted by molar-refractivity contribution is 5.98. The van der Waals surface area contributed by atoms with E-state index in [0.29, 0.717) is 32.1 Å². The van der Waals surface area contributed by atoms with Crippen molar-refractivity contribution in [1.82, 2.24) is 15.2 Å². The van der Waals surface area contributed by atoms with Crippen LogP contribution in [-0.2, 0) is 44.2 Å². The van der Waals surface area contributed by atoms with Crippen molar-refractivity contribution in [3.63, 3.8) is 0 Å². The maximum atomic E-state index is 13.9. The molecule has 3 heterocycles. The zero-order valence-corrected chi connectivity index (χ0v) is 32.0. The van der Waals surface area contributed by atoms with E-state index in [1.807, 2.05) is 69.2 Å². The molecule has 0 aromatic rings. The van der Waals surface area contributed by atoms with Crippen LogP contribution in [0.1, 0.15) is 128 Å². The molecule has 0 aromatic carbocycles. The highest BCUT2D eigenvalue weighted by atomic mass is 16.6. The number of hydrogen-bond donors (Lipinski definition) is 0. The molecule has 49 heavy (non-hydrogen) atoms. The molecule has 12 heteroatoms. The summed E-state index contributed by atoms with van der Waals surface area (Å²) in [7, 11) is 0. The van der Waals surface area contributed by atoms with Crippen molar-refractivity contribution < 1.29 is 44.2 Å². The summed E-state index contributed by atoms with van der Waals surface area (Å²) in [4.78, 5) is 41.3. The molecule has 3 aliphatic rings. The van der Waals surface area contributed by atoms with Crippen molar-refractivity contribution >= 4 is 17.9 Å². The second-order valence-electron chi connectivity index (χ2n) is 17.3. The van der Waals surface area contributed by atoms with Gasteiger partial charge in [0.15, 0.2) is 5.92 Å². The van der Waals surface area contributed by atoms with E-state index in [1.54, 1.807) is 13.8 Å². The van der Waals surface area contributed by atoms with Gasteiger partial charge in [0.2, 0.25) is 0 Å². The second kappa shape index (κ2) is 17.1. The number of ether oxygens (including phenoxy) is 3. The van der Waals surface area contributed by atoms with Gasteiger partial charge in [0.1, 0.15) is 18.3 Å². The molecule has 7 atom stereocenters. The molecule has 3 saturated heterocycles. The molecule has 3 fully saturated rings. The predicted molar refractivity (Wildman–Crippen MR) is 180 cm³/mol. The minimum Gasteiger partial charge on any atom is -0.462 e. The second-order valence-corrected chi connectivity index (χ2v) is 17.3. The number of nitrogens with zero attached hydrogens (tertiary/aromatic N) is 3. The van der Waals surface area contributed by atoms with E-state index in [2.05, 4.69) is 0 Å². The van der Waals surface area contributed by atoms with E-state index < -0.39 is 54.1 Å². The lowest BCUT2D eigenvalue weighted by Crippen LogP contribution is -2.57. The van der Waals surface area contributed by atoms with Crippen molar-refractivity contribution in [2.24, 2.45) is 35.5 Å². The highest BCUT2D eigenvalue weighted by Crippen LogP contribution is 2.37. The molecule has 3 rings (SSSR count). The number of piperidine rings is 3. The van der Waals surface area contributed by atoms with Crippen molar-refractivity contribution in [3.05, 3.63) is 0 Å². The summed E-state index contributed by atoms with van der Waals surface area (Å²) in [5.41, 5.74) is -0.798. The van der Waals surface area contributed by atoms with Crippen LogP contribution in [0, 0.1) is 35.5 Å². The Kier molecular flexibility index (Phi) is 14.5. The van der Waals surface area contributed by atoms with Crippen LogP contribution in [-0.4, -0.2) is 87.2 Å². The fraction of sp³-hybridized carbons (Fsp3) is 0.919. The maximum Gasteiger partial charge on any atom is 0.321 e. The van der Waals surface area contributed by atoms with Crippen LogP contribution in [0.15, 0.2) is 0 Å². The molecule has 281 valence electrons. The quantitative estimate of drug-likeness (QED) is 0.137. The van der Waals surface area contributed by atoms with Crippen LogP contribution in [0.3, 0.4) is 0 Å². The molecule has 3 aliphatic heterocycles. The molecular weight excluding hydrogens is 630 g/mol. The summed E-state index contributed by atoms with van der Waals surface area (Å²) in [5, 5.41) is 42.6. The number of rotatable bonds is 12. The Balaban J connectivity index is 1.84. The minimum atomic E-state index is -1.58. The molecule has 0 aromatic heterocycles. The van der Waals surface area contributed by atoms with Crippen LogP contribution in [0.4, 0.5) is 0 Å². The first-order chi connectivity index (χ1) is 22.6. The van der Waals surface area contributed by atoms with E-state index >= 15 is 0 Å². The summed E-state index contributed by atoms with van der Waals surface area (Å²) < 4.78 is 17.8. The van der Waals surface area contributed by atoms with Crippen LogP contribution in [0.2, 0.25) is 0 Å². The van der Waals surface area contributed by atoms with Gasteiger partial charge in [-0.1, -0.05) is 69.2 Å². The molecule has 12 nitrogen and oxygen atoms in total. The minimum absolute atomic E-state index is 0.00794. The third-order valence-corrected chi connectivity index (χ3v) is 11.1. The summed E-state index contributed by atoms with van der Waals surface area (Å²) >= 11 is 0. The standard InChI is InChI=1S/C37H64N3O9/c1-20(2)29-13-25(14-30(21(3)4)38(29)44)47-34(41)18-28(36(43)49-27-17-33(24(9)10)40(46)37(11,12)19-27)35(42)48-26-15-31(22(5)6)39(45)32(16-26)23(7)8/h20-33H,13-19H2,1-12H3. The van der Waals surface area contributed by atoms with Crippen molar-refractivity contribution in [3.8, 4) is 0 Å². The summed E-state index contributed by atoms with van der Waals surface area (Å²) in [6, 6.07) is -1.77. The van der Waals surface area contributed by atoms with Gasteiger partial charge >= 0.3 is 17.9 Å². The van der Waals surface area contributed by atoms with Gasteiger partial charge in [-0.05, 0) is 43.4 Å². The summed E-state index contributed by atoms with van der Waals surface area (Å²) in [6.45, 7) is 23.2. The van der Waals surface area contributed by atoms with Crippen molar-refractivity contribution in [2.45, 2.75) is 182 Å². The third kappa shape index (κ3) is 10.4. The smallest absolute Gasteiger partial charge is 0.321 e. The van der Waals surface area contributed by atoms with Crippen LogP contribution in [0.25, 0.3) is 0 Å². The lowest BCUT2D eigenvalue weighted by Gasteiger charge is -2.46. The van der Waals surface area contributed by atoms with E-state index in [-0.39, 0.29) is 66.2 Å². The number of esters is 3. The van der Waals surface area contributed by atoms with E-state index in [4.69, 9.17) is 14.2 Å². The van der Waals surface area contributed by atoms with Crippen LogP contribution < -0.4 is 0 Å². The Morgan fingerprint density at radius 1 is 0.551 bits per heavy atom. The first-order valence-corrected chi connectivity index (χ1v) is 18.6. The molecule has 3 radical (unpaired) electrons. The molecular formula is C37H64N3O9. The fourth-order valence-electron chi connectivity index (χ4n) is 7.97. The van der Waals surface area contributed by atoms with Gasteiger partial charge in [-0.15, -0.1) is 30.8 Å². The van der Waals surface area contributed by atoms with Gasteiger partial charge < -0.3 is 14.2 Å². The molecule has 0 amide bonds. The Morgan fingerprint density at radius 3 is 1.24 bits per heavy atom. The largest absolute Gasteiger partial charge is 0.462 e. The van der Waals surface area contributed by atoms with Gasteiger partial charge in [0, 0.05) is 74.3 Å². The molecule has 0 bridgehead atoms. The molecule has 0 saturated carbocycles. The molecule has 0 aliphatic carbocycles. The monoisotopic (exact) mass is 694 g/mol. The first-order valence-electron chi connectivity index (χ1n) is 18.6. The lowest BCUT2D eigenvalue weighted by atomic mass is 9.82. The van der Waals surface area contributed by atoms with Gasteiger partial charge in [-0.3, -0.25) is 14.4 Å². The zero-order chi connectivity index (χ0) is 37.1. The van der Waals surface area contributed by atoms with E-state index in [1.165, 1.54) is 0 Å². The molecule has 7 unspecified atom stereocenters. The van der Waals surface area contributed by atoms with Crippen LogP contribution >= 0.6 is 0 Å². The Labute approximate surface area is 294 Å². The number of carbonyl (C=O) groups excluding carboxylic acids is 3. The zero-order valence-electron chi connectivity index (χ0n) is 32.0.